The number of hydrogen-bond donors (Lipinski definition) is 2. The predicted molar refractivity (Wildman–Crippen MR) is 102 cm³/mol. The molecule has 1 amide bonds. The molecule has 0 aliphatic carbocycles. The standard InChI is InChI=1S/C20H24ClN3O/c1-16-5-2-3-6-17(16)14-22-20(25)15-23-9-11-24(12-10-23)19-8-4-7-18(21)13-19/h2-8,13H,9-12,14-15H2,1H3,(H,22,25)/p+1. The Labute approximate surface area is 154 Å². The number of aryl methyl sites for hydroxylation is 1. The largest absolute Gasteiger partial charge is 0.360 e. The lowest BCUT2D eigenvalue weighted by molar-refractivity contribution is -0.892. The number of anilines is 1. The molecule has 1 aliphatic rings. The van der Waals surface area contributed by atoms with Crippen LogP contribution in [0.2, 0.25) is 5.02 Å². The number of nitrogens with one attached hydrogen (secondary N) is 2. The third kappa shape index (κ3) is 4.97. The van der Waals surface area contributed by atoms with Crippen molar-refractivity contribution in [1.82, 2.24) is 5.32 Å². The van der Waals surface area contributed by atoms with Gasteiger partial charge in [-0.05, 0) is 36.2 Å². The summed E-state index contributed by atoms with van der Waals surface area (Å²) in [6.07, 6.45) is 0. The summed E-state index contributed by atoms with van der Waals surface area (Å²) < 4.78 is 0. The van der Waals surface area contributed by atoms with Crippen molar-refractivity contribution in [1.29, 1.82) is 0 Å². The van der Waals surface area contributed by atoms with Crippen molar-refractivity contribution >= 4 is 23.2 Å². The van der Waals surface area contributed by atoms with E-state index in [0.717, 1.165) is 36.9 Å². The lowest BCUT2D eigenvalue weighted by Gasteiger charge is -2.33. The van der Waals surface area contributed by atoms with Crippen LogP contribution in [-0.2, 0) is 11.3 Å². The average molecular weight is 359 g/mol. The van der Waals surface area contributed by atoms with E-state index in [1.807, 2.05) is 30.3 Å². The highest BCUT2D eigenvalue weighted by molar-refractivity contribution is 6.30. The van der Waals surface area contributed by atoms with Crippen LogP contribution in [0.3, 0.4) is 0 Å². The molecule has 1 aliphatic heterocycles. The molecule has 0 saturated carbocycles. The van der Waals surface area contributed by atoms with Crippen molar-refractivity contribution in [3.63, 3.8) is 0 Å². The summed E-state index contributed by atoms with van der Waals surface area (Å²) in [5.41, 5.74) is 3.55. The van der Waals surface area contributed by atoms with Crippen LogP contribution in [0.25, 0.3) is 0 Å². The van der Waals surface area contributed by atoms with Gasteiger partial charge in [0, 0.05) is 17.3 Å². The lowest BCUT2D eigenvalue weighted by Crippen LogP contribution is -3.15. The molecule has 3 rings (SSSR count). The van der Waals surface area contributed by atoms with Crippen LogP contribution in [0.4, 0.5) is 5.69 Å². The first-order chi connectivity index (χ1) is 12.1. The van der Waals surface area contributed by atoms with E-state index in [1.165, 1.54) is 16.0 Å². The number of carbonyl (C=O) groups is 1. The fourth-order valence-electron chi connectivity index (χ4n) is 3.22. The molecule has 0 radical (unpaired) electrons. The van der Waals surface area contributed by atoms with E-state index >= 15 is 0 Å². The first-order valence-corrected chi connectivity index (χ1v) is 9.15. The van der Waals surface area contributed by atoms with E-state index in [2.05, 4.69) is 35.3 Å². The zero-order valence-electron chi connectivity index (χ0n) is 14.6. The van der Waals surface area contributed by atoms with Gasteiger partial charge >= 0.3 is 0 Å². The van der Waals surface area contributed by atoms with Crippen LogP contribution in [0.5, 0.6) is 0 Å². The maximum Gasteiger partial charge on any atom is 0.275 e. The number of amides is 1. The topological polar surface area (TPSA) is 36.8 Å². The molecule has 1 fully saturated rings. The van der Waals surface area contributed by atoms with E-state index in [9.17, 15) is 4.79 Å². The number of nitrogens with zero attached hydrogens (tertiary/aromatic N) is 1. The van der Waals surface area contributed by atoms with Crippen LogP contribution in [0.1, 0.15) is 11.1 Å². The molecule has 0 atom stereocenters. The highest BCUT2D eigenvalue weighted by atomic mass is 35.5. The normalized spacial score (nSPS) is 15.2. The Kier molecular flexibility index (Phi) is 5.95. The number of quaternary nitrogens is 1. The molecule has 0 aromatic heterocycles. The van der Waals surface area contributed by atoms with Crippen molar-refractivity contribution < 1.29 is 9.69 Å². The second kappa shape index (κ2) is 8.37. The summed E-state index contributed by atoms with van der Waals surface area (Å²) in [6.45, 7) is 7.03. The molecular formula is C20H25ClN3O+. The van der Waals surface area contributed by atoms with Gasteiger partial charge in [0.05, 0.1) is 26.2 Å². The summed E-state index contributed by atoms with van der Waals surface area (Å²) in [4.78, 5) is 15.9. The minimum absolute atomic E-state index is 0.120. The van der Waals surface area contributed by atoms with Crippen molar-refractivity contribution in [3.05, 3.63) is 64.7 Å². The SMILES string of the molecule is Cc1ccccc1CNC(=O)C[NH+]1CCN(c2cccc(Cl)c2)CC1. The molecule has 2 aromatic carbocycles. The van der Waals surface area contributed by atoms with Gasteiger partial charge < -0.3 is 15.1 Å². The molecule has 0 unspecified atom stereocenters. The highest BCUT2D eigenvalue weighted by Gasteiger charge is 2.22. The molecule has 2 N–H and O–H groups in total. The monoisotopic (exact) mass is 358 g/mol. The molecule has 0 spiro atoms. The van der Waals surface area contributed by atoms with Gasteiger partial charge in [-0.1, -0.05) is 41.9 Å². The minimum atomic E-state index is 0.120. The predicted octanol–water partition coefficient (Wildman–Crippen LogP) is 1.67. The number of carbonyl (C=O) groups excluding carboxylic acids is 1. The van der Waals surface area contributed by atoms with E-state index in [0.29, 0.717) is 13.1 Å². The van der Waals surface area contributed by atoms with Crippen molar-refractivity contribution in [3.8, 4) is 0 Å². The number of rotatable bonds is 5. The van der Waals surface area contributed by atoms with Crippen LogP contribution in [0, 0.1) is 6.92 Å². The van der Waals surface area contributed by atoms with Gasteiger partial charge in [-0.2, -0.15) is 0 Å². The number of hydrogen-bond acceptors (Lipinski definition) is 2. The van der Waals surface area contributed by atoms with E-state index < -0.39 is 0 Å². The summed E-state index contributed by atoms with van der Waals surface area (Å²) in [6, 6.07) is 16.1. The van der Waals surface area contributed by atoms with Gasteiger partial charge in [-0.25, -0.2) is 0 Å². The fraction of sp³-hybridized carbons (Fsp3) is 0.350. The Morgan fingerprint density at radius 3 is 2.64 bits per heavy atom. The second-order valence-corrected chi connectivity index (χ2v) is 7.03. The summed E-state index contributed by atoms with van der Waals surface area (Å²) in [5.74, 6) is 0.120. The first kappa shape index (κ1) is 17.8. The van der Waals surface area contributed by atoms with Crippen LogP contribution < -0.4 is 15.1 Å². The molecule has 1 heterocycles. The Morgan fingerprint density at radius 1 is 1.16 bits per heavy atom. The smallest absolute Gasteiger partial charge is 0.275 e. The number of halogens is 1. The second-order valence-electron chi connectivity index (χ2n) is 6.60. The summed E-state index contributed by atoms with van der Waals surface area (Å²) in [5, 5.41) is 3.81. The van der Waals surface area contributed by atoms with Crippen LogP contribution >= 0.6 is 11.6 Å². The van der Waals surface area contributed by atoms with Gasteiger partial charge in [-0.3, -0.25) is 4.79 Å². The minimum Gasteiger partial charge on any atom is -0.360 e. The third-order valence-electron chi connectivity index (χ3n) is 4.79. The van der Waals surface area contributed by atoms with Crippen molar-refractivity contribution in [2.45, 2.75) is 13.5 Å². The van der Waals surface area contributed by atoms with E-state index in [1.54, 1.807) is 0 Å². The highest BCUT2D eigenvalue weighted by Crippen LogP contribution is 2.19. The third-order valence-corrected chi connectivity index (χ3v) is 5.03. The maximum absolute atomic E-state index is 12.2. The molecule has 2 aromatic rings. The van der Waals surface area contributed by atoms with Crippen molar-refractivity contribution in [2.24, 2.45) is 0 Å². The summed E-state index contributed by atoms with van der Waals surface area (Å²) >= 11 is 6.07. The van der Waals surface area contributed by atoms with E-state index in [-0.39, 0.29) is 5.91 Å². The molecular weight excluding hydrogens is 334 g/mol. The molecule has 5 heteroatoms. The Bertz CT molecular complexity index is 726. The molecule has 1 saturated heterocycles. The van der Waals surface area contributed by atoms with Crippen LogP contribution in [-0.4, -0.2) is 38.6 Å². The zero-order valence-corrected chi connectivity index (χ0v) is 15.4. The van der Waals surface area contributed by atoms with Gasteiger partial charge in [0.2, 0.25) is 0 Å². The van der Waals surface area contributed by atoms with Gasteiger partial charge in [0.25, 0.3) is 5.91 Å². The number of benzene rings is 2. The van der Waals surface area contributed by atoms with Crippen LogP contribution in [0.15, 0.2) is 48.5 Å². The first-order valence-electron chi connectivity index (χ1n) is 8.77. The Hall–Kier alpha value is -2.04. The fourth-order valence-corrected chi connectivity index (χ4v) is 3.41. The molecule has 132 valence electrons. The van der Waals surface area contributed by atoms with Gasteiger partial charge in [0.1, 0.15) is 0 Å². The molecule has 4 nitrogen and oxygen atoms in total. The van der Waals surface area contributed by atoms with Gasteiger partial charge in [0.15, 0.2) is 6.54 Å². The Morgan fingerprint density at radius 2 is 1.92 bits per heavy atom. The lowest BCUT2D eigenvalue weighted by atomic mass is 10.1. The average Bonchev–Trinajstić information content (AvgIpc) is 2.62. The number of piperazine rings is 1. The van der Waals surface area contributed by atoms with E-state index in [4.69, 9.17) is 11.6 Å². The van der Waals surface area contributed by atoms with Gasteiger partial charge in [-0.15, -0.1) is 0 Å². The molecule has 0 bridgehead atoms. The summed E-state index contributed by atoms with van der Waals surface area (Å²) in [7, 11) is 0. The van der Waals surface area contributed by atoms with Crippen molar-refractivity contribution in [2.75, 3.05) is 37.6 Å². The zero-order chi connectivity index (χ0) is 17.6. The Balaban J connectivity index is 1.44. The quantitative estimate of drug-likeness (QED) is 0.853. The molecule has 25 heavy (non-hydrogen) atoms. The maximum atomic E-state index is 12.2.